The minimum atomic E-state index is 0.662. The van der Waals surface area contributed by atoms with E-state index in [1.807, 2.05) is 25.1 Å². The second kappa shape index (κ2) is 3.35. The van der Waals surface area contributed by atoms with Gasteiger partial charge in [0.15, 0.2) is 0 Å². The van der Waals surface area contributed by atoms with Gasteiger partial charge in [0.05, 0.1) is 23.5 Å². The van der Waals surface area contributed by atoms with E-state index in [-0.39, 0.29) is 0 Å². The summed E-state index contributed by atoms with van der Waals surface area (Å²) in [5, 5.41) is 8.74. The Balaban J connectivity index is 2.47. The smallest absolute Gasteiger partial charge is 0.103 e. The number of hydrogen-bond donors (Lipinski definition) is 1. The highest BCUT2D eigenvalue weighted by Gasteiger charge is 2.00. The zero-order valence-corrected chi connectivity index (χ0v) is 7.78. The van der Waals surface area contributed by atoms with E-state index < -0.39 is 0 Å². The Morgan fingerprint density at radius 2 is 2.29 bits per heavy atom. The molecule has 0 fully saturated rings. The molecule has 1 aromatic carbocycles. The lowest BCUT2D eigenvalue weighted by Gasteiger charge is -1.96. The molecule has 0 spiro atoms. The average molecular weight is 183 g/mol. The number of aromatic nitrogens is 2. The molecule has 1 N–H and O–H groups in total. The lowest BCUT2D eigenvalue weighted by Crippen LogP contribution is -1.80. The fraction of sp³-hybridized carbons (Fsp3) is 0.0909. The first-order valence-electron chi connectivity index (χ1n) is 4.32. The largest absolute Gasteiger partial charge is 0.342 e. The molecule has 0 aliphatic rings. The van der Waals surface area contributed by atoms with Crippen LogP contribution in [0.2, 0.25) is 0 Å². The summed E-state index contributed by atoms with van der Waals surface area (Å²) in [6.45, 7) is 1.90. The van der Waals surface area contributed by atoms with Gasteiger partial charge in [-0.25, -0.2) is 4.98 Å². The lowest BCUT2D eigenvalue weighted by atomic mass is 10.1. The van der Waals surface area contributed by atoms with Crippen molar-refractivity contribution in [1.29, 1.82) is 5.26 Å². The summed E-state index contributed by atoms with van der Waals surface area (Å²) in [5.41, 5.74) is 2.60. The molecule has 14 heavy (non-hydrogen) atoms. The van der Waals surface area contributed by atoms with Gasteiger partial charge in [-0.3, -0.25) is 0 Å². The van der Waals surface area contributed by atoms with Crippen LogP contribution in [0.3, 0.4) is 0 Å². The lowest BCUT2D eigenvalue weighted by molar-refractivity contribution is 1.15. The zero-order chi connectivity index (χ0) is 9.97. The highest BCUT2D eigenvalue weighted by atomic mass is 14.9. The van der Waals surface area contributed by atoms with Crippen LogP contribution in [0.4, 0.5) is 0 Å². The summed E-state index contributed by atoms with van der Waals surface area (Å²) in [4.78, 5) is 7.23. The maximum absolute atomic E-state index is 8.74. The Morgan fingerprint density at radius 3 is 2.93 bits per heavy atom. The van der Waals surface area contributed by atoms with Gasteiger partial charge < -0.3 is 4.98 Å². The molecule has 0 saturated heterocycles. The highest BCUT2D eigenvalue weighted by Crippen LogP contribution is 2.17. The molecule has 1 heterocycles. The number of hydrogen-bond acceptors (Lipinski definition) is 2. The SMILES string of the molecule is Cc1ncc(-c2cccc(C#N)c2)[nH]1. The molecular formula is C11H9N3. The van der Waals surface area contributed by atoms with Crippen LogP contribution in [-0.2, 0) is 0 Å². The number of H-pyrrole nitrogens is 1. The average Bonchev–Trinajstić information content (AvgIpc) is 2.65. The van der Waals surface area contributed by atoms with Crippen LogP contribution < -0.4 is 0 Å². The summed E-state index contributed by atoms with van der Waals surface area (Å²) >= 11 is 0. The van der Waals surface area contributed by atoms with Gasteiger partial charge in [-0.15, -0.1) is 0 Å². The predicted molar refractivity (Wildman–Crippen MR) is 53.5 cm³/mol. The van der Waals surface area contributed by atoms with Gasteiger partial charge in [0.25, 0.3) is 0 Å². The minimum absolute atomic E-state index is 0.662. The van der Waals surface area contributed by atoms with Crippen LogP contribution in [0, 0.1) is 18.3 Å². The van der Waals surface area contributed by atoms with E-state index >= 15 is 0 Å². The van der Waals surface area contributed by atoms with Crippen LogP contribution >= 0.6 is 0 Å². The second-order valence-electron chi connectivity index (χ2n) is 3.07. The Morgan fingerprint density at radius 1 is 1.43 bits per heavy atom. The van der Waals surface area contributed by atoms with E-state index in [1.54, 1.807) is 12.3 Å². The number of imidazole rings is 1. The number of aromatic amines is 1. The Bertz CT molecular complexity index is 491. The van der Waals surface area contributed by atoms with Crippen molar-refractivity contribution in [3.05, 3.63) is 41.9 Å². The summed E-state index contributed by atoms with van der Waals surface area (Å²) in [6, 6.07) is 9.55. The van der Waals surface area contributed by atoms with Crippen molar-refractivity contribution in [2.45, 2.75) is 6.92 Å². The van der Waals surface area contributed by atoms with Gasteiger partial charge in [0.1, 0.15) is 5.82 Å². The second-order valence-corrected chi connectivity index (χ2v) is 3.07. The molecule has 3 heteroatoms. The van der Waals surface area contributed by atoms with Gasteiger partial charge in [-0.2, -0.15) is 5.26 Å². The number of aryl methyl sites for hydroxylation is 1. The van der Waals surface area contributed by atoms with Crippen LogP contribution in [0.5, 0.6) is 0 Å². The van der Waals surface area contributed by atoms with Gasteiger partial charge in [0.2, 0.25) is 0 Å². The van der Waals surface area contributed by atoms with Gasteiger partial charge >= 0.3 is 0 Å². The standard InChI is InChI=1S/C11H9N3/c1-8-13-7-11(14-8)10-4-2-3-9(5-10)6-12/h2-5,7H,1H3,(H,13,14). The maximum atomic E-state index is 8.74. The Hall–Kier alpha value is -2.08. The quantitative estimate of drug-likeness (QED) is 0.737. The van der Waals surface area contributed by atoms with Crippen LogP contribution in [0.25, 0.3) is 11.3 Å². The van der Waals surface area contributed by atoms with Gasteiger partial charge in [-0.05, 0) is 19.1 Å². The highest BCUT2D eigenvalue weighted by molar-refractivity contribution is 5.60. The molecule has 0 aliphatic carbocycles. The monoisotopic (exact) mass is 183 g/mol. The molecule has 0 atom stereocenters. The molecule has 0 bridgehead atoms. The number of rotatable bonds is 1. The first-order valence-corrected chi connectivity index (χ1v) is 4.32. The molecule has 0 radical (unpaired) electrons. The third kappa shape index (κ3) is 1.50. The number of nitriles is 1. The fourth-order valence-electron chi connectivity index (χ4n) is 1.32. The molecule has 3 nitrogen and oxygen atoms in total. The van der Waals surface area contributed by atoms with Crippen molar-refractivity contribution in [2.24, 2.45) is 0 Å². The first-order chi connectivity index (χ1) is 6.79. The summed E-state index contributed by atoms with van der Waals surface area (Å²) < 4.78 is 0. The molecule has 2 aromatic rings. The third-order valence-electron chi connectivity index (χ3n) is 2.01. The number of nitrogens with one attached hydrogen (secondary N) is 1. The fourth-order valence-corrected chi connectivity index (χ4v) is 1.32. The number of nitrogens with zero attached hydrogens (tertiary/aromatic N) is 2. The van der Waals surface area contributed by atoms with Crippen molar-refractivity contribution >= 4 is 0 Å². The molecule has 0 amide bonds. The summed E-state index contributed by atoms with van der Waals surface area (Å²) in [7, 11) is 0. The third-order valence-corrected chi connectivity index (χ3v) is 2.01. The van der Waals surface area contributed by atoms with Crippen molar-refractivity contribution in [3.8, 4) is 17.3 Å². The number of benzene rings is 1. The van der Waals surface area contributed by atoms with E-state index in [0.29, 0.717) is 5.56 Å². The molecule has 2 rings (SSSR count). The minimum Gasteiger partial charge on any atom is -0.342 e. The van der Waals surface area contributed by atoms with E-state index in [1.165, 1.54) is 0 Å². The Kier molecular flexibility index (Phi) is 2.04. The summed E-state index contributed by atoms with van der Waals surface area (Å²) in [5.74, 6) is 0.877. The first kappa shape index (κ1) is 8.52. The molecule has 1 aromatic heterocycles. The normalized spacial score (nSPS) is 9.71. The molecule has 0 unspecified atom stereocenters. The van der Waals surface area contributed by atoms with Crippen LogP contribution in [0.15, 0.2) is 30.5 Å². The van der Waals surface area contributed by atoms with E-state index in [2.05, 4.69) is 16.0 Å². The van der Waals surface area contributed by atoms with Crippen molar-refractivity contribution < 1.29 is 0 Å². The van der Waals surface area contributed by atoms with Crippen LogP contribution in [-0.4, -0.2) is 9.97 Å². The zero-order valence-electron chi connectivity index (χ0n) is 7.78. The van der Waals surface area contributed by atoms with Crippen molar-refractivity contribution in [2.75, 3.05) is 0 Å². The van der Waals surface area contributed by atoms with Crippen molar-refractivity contribution in [1.82, 2.24) is 9.97 Å². The Labute approximate surface area is 82.0 Å². The summed E-state index contributed by atoms with van der Waals surface area (Å²) in [6.07, 6.45) is 1.77. The van der Waals surface area contributed by atoms with Crippen LogP contribution in [0.1, 0.15) is 11.4 Å². The predicted octanol–water partition coefficient (Wildman–Crippen LogP) is 2.26. The van der Waals surface area contributed by atoms with Crippen molar-refractivity contribution in [3.63, 3.8) is 0 Å². The van der Waals surface area contributed by atoms with Gasteiger partial charge in [-0.1, -0.05) is 12.1 Å². The maximum Gasteiger partial charge on any atom is 0.103 e. The molecule has 0 aliphatic heterocycles. The van der Waals surface area contributed by atoms with E-state index in [4.69, 9.17) is 5.26 Å². The van der Waals surface area contributed by atoms with E-state index in [9.17, 15) is 0 Å². The van der Waals surface area contributed by atoms with Gasteiger partial charge in [0, 0.05) is 5.56 Å². The molecular weight excluding hydrogens is 174 g/mol. The topological polar surface area (TPSA) is 52.5 Å². The molecule has 68 valence electrons. The molecule has 0 saturated carbocycles. The van der Waals surface area contributed by atoms with E-state index in [0.717, 1.165) is 17.1 Å².